The monoisotopic (exact) mass is 226 g/mol. The molecule has 0 fully saturated rings. The highest BCUT2D eigenvalue weighted by molar-refractivity contribution is 4.96. The van der Waals surface area contributed by atoms with Crippen molar-refractivity contribution >= 4 is 0 Å². The minimum absolute atomic E-state index is 0.0641. The van der Waals surface area contributed by atoms with Gasteiger partial charge in [0.2, 0.25) is 5.89 Å². The SMILES string of the molecule is CN(C)CCc1noc([C@@H](N)C(C)(C)C)n1. The van der Waals surface area contributed by atoms with E-state index in [2.05, 4.69) is 35.8 Å². The molecule has 5 nitrogen and oxygen atoms in total. The third kappa shape index (κ3) is 3.57. The van der Waals surface area contributed by atoms with Crippen molar-refractivity contribution in [3.05, 3.63) is 11.7 Å². The lowest BCUT2D eigenvalue weighted by molar-refractivity contribution is 0.252. The molecule has 0 saturated carbocycles. The minimum atomic E-state index is -0.215. The fourth-order valence-electron chi connectivity index (χ4n) is 1.19. The normalized spacial score (nSPS) is 14.4. The maximum absolute atomic E-state index is 6.03. The Balaban J connectivity index is 2.64. The second-order valence-corrected chi connectivity index (χ2v) is 5.45. The lowest BCUT2D eigenvalue weighted by Crippen LogP contribution is -2.26. The molecule has 1 aromatic heterocycles. The number of likely N-dealkylation sites (N-methyl/N-ethyl adjacent to an activating group) is 1. The summed E-state index contributed by atoms with van der Waals surface area (Å²) < 4.78 is 5.18. The van der Waals surface area contributed by atoms with Gasteiger partial charge >= 0.3 is 0 Å². The van der Waals surface area contributed by atoms with E-state index in [0.717, 1.165) is 18.8 Å². The average molecular weight is 226 g/mol. The van der Waals surface area contributed by atoms with E-state index in [1.165, 1.54) is 0 Å². The molecular formula is C11H22N4O. The number of hydrogen-bond acceptors (Lipinski definition) is 5. The first-order chi connectivity index (χ1) is 7.30. The summed E-state index contributed by atoms with van der Waals surface area (Å²) >= 11 is 0. The van der Waals surface area contributed by atoms with Gasteiger partial charge in [0.05, 0.1) is 6.04 Å². The predicted molar refractivity (Wildman–Crippen MR) is 62.9 cm³/mol. The van der Waals surface area contributed by atoms with Gasteiger partial charge in [-0.3, -0.25) is 0 Å². The summed E-state index contributed by atoms with van der Waals surface area (Å²) in [6.07, 6.45) is 0.785. The topological polar surface area (TPSA) is 68.2 Å². The lowest BCUT2D eigenvalue weighted by Gasteiger charge is -2.23. The standard InChI is InChI=1S/C11H22N4O/c1-11(2,3)9(12)10-13-8(14-16-10)6-7-15(4)5/h9H,6-7,12H2,1-5H3/t9-/m1/s1. The molecule has 0 unspecified atom stereocenters. The molecule has 1 rings (SSSR count). The zero-order valence-electron chi connectivity index (χ0n) is 10.8. The van der Waals surface area contributed by atoms with Crippen LogP contribution in [0.1, 0.15) is 38.5 Å². The van der Waals surface area contributed by atoms with Crippen LogP contribution in [-0.2, 0) is 6.42 Å². The van der Waals surface area contributed by atoms with Crippen molar-refractivity contribution in [3.8, 4) is 0 Å². The van der Waals surface area contributed by atoms with E-state index in [1.807, 2.05) is 14.1 Å². The van der Waals surface area contributed by atoms with E-state index in [0.29, 0.717) is 5.89 Å². The molecule has 0 aliphatic carbocycles. The van der Waals surface area contributed by atoms with Crippen molar-refractivity contribution in [3.63, 3.8) is 0 Å². The largest absolute Gasteiger partial charge is 0.338 e. The molecule has 1 heterocycles. The number of rotatable bonds is 4. The Kier molecular flexibility index (Phi) is 4.04. The van der Waals surface area contributed by atoms with E-state index in [9.17, 15) is 0 Å². The first-order valence-electron chi connectivity index (χ1n) is 5.53. The maximum atomic E-state index is 6.03. The van der Waals surface area contributed by atoms with Gasteiger partial charge < -0.3 is 15.2 Å². The summed E-state index contributed by atoms with van der Waals surface area (Å²) in [5.74, 6) is 1.25. The Hall–Kier alpha value is -0.940. The van der Waals surface area contributed by atoms with Crippen LogP contribution in [-0.4, -0.2) is 35.7 Å². The van der Waals surface area contributed by atoms with Crippen LogP contribution in [0.3, 0.4) is 0 Å². The molecule has 0 spiro atoms. The Bertz CT molecular complexity index is 327. The Morgan fingerprint density at radius 1 is 1.38 bits per heavy atom. The van der Waals surface area contributed by atoms with Crippen molar-refractivity contribution < 1.29 is 4.52 Å². The number of hydrogen-bond donors (Lipinski definition) is 1. The molecule has 0 aromatic carbocycles. The fourth-order valence-corrected chi connectivity index (χ4v) is 1.19. The third-order valence-electron chi connectivity index (χ3n) is 2.47. The van der Waals surface area contributed by atoms with E-state index in [4.69, 9.17) is 10.3 Å². The average Bonchev–Trinajstić information content (AvgIpc) is 2.60. The van der Waals surface area contributed by atoms with E-state index in [-0.39, 0.29) is 11.5 Å². The van der Waals surface area contributed by atoms with Crippen molar-refractivity contribution in [2.75, 3.05) is 20.6 Å². The molecule has 5 heteroatoms. The molecule has 92 valence electrons. The summed E-state index contributed by atoms with van der Waals surface area (Å²) in [6, 6.07) is -0.215. The molecular weight excluding hydrogens is 204 g/mol. The first kappa shape index (κ1) is 13.1. The van der Waals surface area contributed by atoms with Crippen LogP contribution in [0.5, 0.6) is 0 Å². The number of nitrogens with two attached hydrogens (primary N) is 1. The first-order valence-corrected chi connectivity index (χ1v) is 5.53. The molecule has 0 amide bonds. The van der Waals surface area contributed by atoms with Crippen LogP contribution in [0.4, 0.5) is 0 Å². The molecule has 1 aromatic rings. The number of nitrogens with zero attached hydrogens (tertiary/aromatic N) is 3. The molecule has 0 saturated heterocycles. The van der Waals surface area contributed by atoms with Crippen molar-refractivity contribution in [2.45, 2.75) is 33.2 Å². The van der Waals surface area contributed by atoms with E-state index >= 15 is 0 Å². The lowest BCUT2D eigenvalue weighted by atomic mass is 9.87. The number of aromatic nitrogens is 2. The summed E-state index contributed by atoms with van der Waals surface area (Å²) in [6.45, 7) is 7.08. The molecule has 0 bridgehead atoms. The fraction of sp³-hybridized carbons (Fsp3) is 0.818. The van der Waals surface area contributed by atoms with Crippen molar-refractivity contribution in [2.24, 2.45) is 11.1 Å². The second kappa shape index (κ2) is 4.93. The van der Waals surface area contributed by atoms with Crippen LogP contribution in [0.25, 0.3) is 0 Å². The molecule has 2 N–H and O–H groups in total. The van der Waals surface area contributed by atoms with E-state index < -0.39 is 0 Å². The zero-order valence-corrected chi connectivity index (χ0v) is 10.8. The second-order valence-electron chi connectivity index (χ2n) is 5.45. The highest BCUT2D eigenvalue weighted by Crippen LogP contribution is 2.29. The van der Waals surface area contributed by atoms with Gasteiger partial charge in [0.25, 0.3) is 0 Å². The molecule has 0 aliphatic rings. The van der Waals surface area contributed by atoms with Gasteiger partial charge in [-0.2, -0.15) is 4.98 Å². The smallest absolute Gasteiger partial charge is 0.244 e. The summed E-state index contributed by atoms with van der Waals surface area (Å²) in [5.41, 5.74) is 5.97. The maximum Gasteiger partial charge on any atom is 0.244 e. The Labute approximate surface area is 97.0 Å². The molecule has 0 aliphatic heterocycles. The van der Waals surface area contributed by atoms with Gasteiger partial charge in [-0.1, -0.05) is 25.9 Å². The highest BCUT2D eigenvalue weighted by Gasteiger charge is 2.27. The Morgan fingerprint density at radius 3 is 2.50 bits per heavy atom. The zero-order chi connectivity index (χ0) is 12.3. The third-order valence-corrected chi connectivity index (χ3v) is 2.47. The van der Waals surface area contributed by atoms with Crippen LogP contribution in [0.15, 0.2) is 4.52 Å². The van der Waals surface area contributed by atoms with Gasteiger partial charge in [-0.15, -0.1) is 0 Å². The van der Waals surface area contributed by atoms with Gasteiger partial charge in [-0.05, 0) is 19.5 Å². The molecule has 16 heavy (non-hydrogen) atoms. The van der Waals surface area contributed by atoms with Gasteiger partial charge in [0.15, 0.2) is 5.82 Å². The van der Waals surface area contributed by atoms with Crippen LogP contribution in [0, 0.1) is 5.41 Å². The summed E-state index contributed by atoms with van der Waals surface area (Å²) in [5, 5.41) is 3.93. The van der Waals surface area contributed by atoms with Crippen LogP contribution < -0.4 is 5.73 Å². The minimum Gasteiger partial charge on any atom is -0.338 e. The summed E-state index contributed by atoms with van der Waals surface area (Å²) in [4.78, 5) is 6.40. The highest BCUT2D eigenvalue weighted by atomic mass is 16.5. The van der Waals surface area contributed by atoms with Gasteiger partial charge in [-0.25, -0.2) is 0 Å². The van der Waals surface area contributed by atoms with Gasteiger partial charge in [0.1, 0.15) is 0 Å². The van der Waals surface area contributed by atoms with E-state index in [1.54, 1.807) is 0 Å². The van der Waals surface area contributed by atoms with Crippen molar-refractivity contribution in [1.29, 1.82) is 0 Å². The summed E-state index contributed by atoms with van der Waals surface area (Å²) in [7, 11) is 4.03. The van der Waals surface area contributed by atoms with Crippen LogP contribution in [0.2, 0.25) is 0 Å². The molecule has 1 atom stereocenters. The van der Waals surface area contributed by atoms with Gasteiger partial charge in [0, 0.05) is 13.0 Å². The van der Waals surface area contributed by atoms with Crippen LogP contribution >= 0.6 is 0 Å². The van der Waals surface area contributed by atoms with Crippen molar-refractivity contribution in [1.82, 2.24) is 15.0 Å². The predicted octanol–water partition coefficient (Wildman–Crippen LogP) is 1.22. The Morgan fingerprint density at radius 2 is 2.00 bits per heavy atom. The quantitative estimate of drug-likeness (QED) is 0.836. The molecule has 0 radical (unpaired) electrons.